The van der Waals surface area contributed by atoms with Crippen LogP contribution in [0.2, 0.25) is 0 Å². The monoisotopic (exact) mass is 422 g/mol. The number of nitrogens with two attached hydrogens (primary N) is 1. The van der Waals surface area contributed by atoms with E-state index in [0.717, 1.165) is 11.3 Å². The van der Waals surface area contributed by atoms with Gasteiger partial charge in [-0.25, -0.2) is 0 Å². The van der Waals surface area contributed by atoms with Gasteiger partial charge in [0.1, 0.15) is 0 Å². The van der Waals surface area contributed by atoms with Gasteiger partial charge in [0.15, 0.2) is 0 Å². The van der Waals surface area contributed by atoms with Crippen molar-refractivity contribution in [3.05, 3.63) is 114 Å². The van der Waals surface area contributed by atoms with Gasteiger partial charge in [0.05, 0.1) is 0 Å². The lowest BCUT2D eigenvalue weighted by Crippen LogP contribution is -1.94. The summed E-state index contributed by atoms with van der Waals surface area (Å²) in [7, 11) is 1.77. The zero-order chi connectivity index (χ0) is 23.3. The van der Waals surface area contributed by atoms with Crippen molar-refractivity contribution in [2.75, 3.05) is 12.8 Å². The fraction of sp³-hybridized carbons (Fsp3) is 0.167. The molecule has 2 heteroatoms. The standard InChI is InChI=1S/C21H21N.C9H13N/c1-4-17(5-2)19-13-9-14-20(18-11-7-6-8-12-18)21(19)15-10-16-22-3;1-7(2)8-5-3-4-6-9(8)10/h4-16H,1H2,2-3H3;3-7H,10H2,1-2H3/b15-10+,17-5+,22-16?;. The summed E-state index contributed by atoms with van der Waals surface area (Å²) in [5.74, 6) is 0.529. The van der Waals surface area contributed by atoms with Crippen LogP contribution in [-0.2, 0) is 0 Å². The second kappa shape index (κ2) is 12.9. The van der Waals surface area contributed by atoms with E-state index in [0.29, 0.717) is 5.92 Å². The summed E-state index contributed by atoms with van der Waals surface area (Å²) >= 11 is 0. The molecule has 32 heavy (non-hydrogen) atoms. The first kappa shape index (κ1) is 24.6. The predicted octanol–water partition coefficient (Wildman–Crippen LogP) is 8.05. The minimum Gasteiger partial charge on any atom is -0.398 e. The fourth-order valence-corrected chi connectivity index (χ4v) is 3.51. The number of anilines is 1. The molecule has 2 N–H and O–H groups in total. The molecule has 3 aromatic carbocycles. The zero-order valence-electron chi connectivity index (χ0n) is 19.6. The highest BCUT2D eigenvalue weighted by atomic mass is 14.6. The minimum absolute atomic E-state index is 0.529. The molecule has 2 nitrogen and oxygen atoms in total. The van der Waals surface area contributed by atoms with Crippen molar-refractivity contribution in [3.8, 4) is 11.1 Å². The predicted molar refractivity (Wildman–Crippen MR) is 144 cm³/mol. The van der Waals surface area contributed by atoms with E-state index < -0.39 is 0 Å². The van der Waals surface area contributed by atoms with Crippen LogP contribution in [0.5, 0.6) is 0 Å². The Kier molecular flexibility index (Phi) is 9.93. The van der Waals surface area contributed by atoms with Gasteiger partial charge in [-0.3, -0.25) is 4.99 Å². The number of para-hydroxylation sites is 1. The Hall–Kier alpha value is -3.65. The first-order valence-electron chi connectivity index (χ1n) is 10.9. The Labute approximate surface area is 193 Å². The summed E-state index contributed by atoms with van der Waals surface area (Å²) in [6.07, 6.45) is 9.87. The summed E-state index contributed by atoms with van der Waals surface area (Å²) in [6.45, 7) is 10.3. The number of nitrogens with zero attached hydrogens (tertiary/aromatic N) is 1. The Morgan fingerprint density at radius 2 is 1.62 bits per heavy atom. The van der Waals surface area contributed by atoms with Gasteiger partial charge in [0, 0.05) is 18.9 Å². The van der Waals surface area contributed by atoms with E-state index in [1.54, 1.807) is 13.3 Å². The van der Waals surface area contributed by atoms with Gasteiger partial charge in [0.2, 0.25) is 0 Å². The molecule has 0 unspecified atom stereocenters. The summed E-state index contributed by atoms with van der Waals surface area (Å²) < 4.78 is 0. The van der Waals surface area contributed by atoms with Crippen LogP contribution in [0.15, 0.2) is 103 Å². The molecule has 0 aliphatic heterocycles. The number of allylic oxidation sites excluding steroid dienone is 4. The van der Waals surface area contributed by atoms with E-state index in [4.69, 9.17) is 5.73 Å². The molecule has 164 valence electrons. The molecule has 0 aliphatic carbocycles. The van der Waals surface area contributed by atoms with Crippen LogP contribution in [0.25, 0.3) is 22.8 Å². The SMILES string of the molecule is C=C/C(=C\C)c1cccc(-c2ccccc2)c1/C=C/C=NC.CC(C)c1ccccc1N. The van der Waals surface area contributed by atoms with Gasteiger partial charge in [-0.1, -0.05) is 105 Å². The normalized spacial score (nSPS) is 11.6. The van der Waals surface area contributed by atoms with E-state index in [1.165, 1.54) is 27.8 Å². The molecular weight excluding hydrogens is 388 g/mol. The lowest BCUT2D eigenvalue weighted by molar-refractivity contribution is 0.870. The zero-order valence-corrected chi connectivity index (χ0v) is 19.6. The molecule has 0 amide bonds. The fourth-order valence-electron chi connectivity index (χ4n) is 3.51. The van der Waals surface area contributed by atoms with Crippen LogP contribution in [-0.4, -0.2) is 13.3 Å². The Bertz CT molecular complexity index is 1090. The van der Waals surface area contributed by atoms with Crippen molar-refractivity contribution >= 4 is 23.6 Å². The van der Waals surface area contributed by atoms with E-state index in [1.807, 2.05) is 43.3 Å². The maximum absolute atomic E-state index is 5.72. The maximum Gasteiger partial charge on any atom is 0.0349 e. The van der Waals surface area contributed by atoms with Gasteiger partial charge >= 0.3 is 0 Å². The van der Waals surface area contributed by atoms with E-state index >= 15 is 0 Å². The first-order chi connectivity index (χ1) is 15.5. The minimum atomic E-state index is 0.529. The topological polar surface area (TPSA) is 38.4 Å². The molecule has 0 saturated heterocycles. The van der Waals surface area contributed by atoms with E-state index in [2.05, 4.69) is 86.1 Å². The Morgan fingerprint density at radius 3 is 2.19 bits per heavy atom. The van der Waals surface area contributed by atoms with Crippen LogP contribution in [0.3, 0.4) is 0 Å². The number of rotatable bonds is 6. The molecule has 0 spiro atoms. The number of hydrogen-bond donors (Lipinski definition) is 1. The number of hydrogen-bond acceptors (Lipinski definition) is 2. The highest BCUT2D eigenvalue weighted by Gasteiger charge is 2.09. The van der Waals surface area contributed by atoms with Crippen LogP contribution in [0.4, 0.5) is 5.69 Å². The Morgan fingerprint density at radius 1 is 0.938 bits per heavy atom. The van der Waals surface area contributed by atoms with Gasteiger partial charge in [-0.2, -0.15) is 0 Å². The van der Waals surface area contributed by atoms with Crippen LogP contribution in [0, 0.1) is 0 Å². The smallest absolute Gasteiger partial charge is 0.0349 e. The largest absolute Gasteiger partial charge is 0.398 e. The van der Waals surface area contributed by atoms with Gasteiger partial charge in [-0.05, 0) is 58.4 Å². The second-order valence-corrected chi connectivity index (χ2v) is 7.63. The third kappa shape index (κ3) is 6.68. The van der Waals surface area contributed by atoms with Gasteiger partial charge in [0.25, 0.3) is 0 Å². The third-order valence-corrected chi connectivity index (χ3v) is 5.15. The van der Waals surface area contributed by atoms with Gasteiger partial charge < -0.3 is 5.73 Å². The van der Waals surface area contributed by atoms with Crippen molar-refractivity contribution in [1.82, 2.24) is 0 Å². The lowest BCUT2D eigenvalue weighted by atomic mass is 9.91. The number of nitrogen functional groups attached to an aromatic ring is 1. The van der Waals surface area contributed by atoms with Gasteiger partial charge in [-0.15, -0.1) is 0 Å². The lowest BCUT2D eigenvalue weighted by Gasteiger charge is -2.13. The van der Waals surface area contributed by atoms with Crippen molar-refractivity contribution in [2.45, 2.75) is 26.7 Å². The molecule has 3 aromatic rings. The van der Waals surface area contributed by atoms with Crippen molar-refractivity contribution < 1.29 is 0 Å². The molecule has 0 aromatic heterocycles. The van der Waals surface area contributed by atoms with Crippen LogP contribution in [0.1, 0.15) is 43.4 Å². The molecule has 0 radical (unpaired) electrons. The molecule has 0 saturated carbocycles. The average molecular weight is 423 g/mol. The molecule has 0 fully saturated rings. The molecule has 0 heterocycles. The average Bonchev–Trinajstić information content (AvgIpc) is 2.82. The molecular formula is C30H34N2. The highest BCUT2D eigenvalue weighted by Crippen LogP contribution is 2.31. The summed E-state index contributed by atoms with van der Waals surface area (Å²) in [5, 5.41) is 0. The van der Waals surface area contributed by atoms with Crippen molar-refractivity contribution in [2.24, 2.45) is 4.99 Å². The molecule has 0 atom stereocenters. The van der Waals surface area contributed by atoms with Crippen LogP contribution >= 0.6 is 0 Å². The Balaban J connectivity index is 0.000000303. The van der Waals surface area contributed by atoms with E-state index in [-0.39, 0.29) is 0 Å². The molecule has 0 bridgehead atoms. The summed E-state index contributed by atoms with van der Waals surface area (Å²) in [6, 6.07) is 24.8. The quantitative estimate of drug-likeness (QED) is 0.243. The maximum atomic E-state index is 5.72. The molecule has 3 rings (SSSR count). The van der Waals surface area contributed by atoms with Crippen molar-refractivity contribution in [3.63, 3.8) is 0 Å². The van der Waals surface area contributed by atoms with E-state index in [9.17, 15) is 0 Å². The van der Waals surface area contributed by atoms with Crippen LogP contribution < -0.4 is 5.73 Å². The number of aliphatic imine (C=N–C) groups is 1. The second-order valence-electron chi connectivity index (χ2n) is 7.63. The first-order valence-corrected chi connectivity index (χ1v) is 10.9. The third-order valence-electron chi connectivity index (χ3n) is 5.15. The summed E-state index contributed by atoms with van der Waals surface area (Å²) in [5.41, 5.74) is 13.8. The highest BCUT2D eigenvalue weighted by molar-refractivity contribution is 5.90. The molecule has 0 aliphatic rings. The summed E-state index contributed by atoms with van der Waals surface area (Å²) in [4.78, 5) is 4.02. The number of benzene rings is 3. The van der Waals surface area contributed by atoms with Crippen molar-refractivity contribution in [1.29, 1.82) is 0 Å².